The first-order valence-electron chi connectivity index (χ1n) is 12.5. The van der Waals surface area contributed by atoms with Crippen molar-refractivity contribution in [2.45, 2.75) is 116 Å². The van der Waals surface area contributed by atoms with Crippen molar-refractivity contribution in [1.82, 2.24) is 20.0 Å². The Kier molecular flexibility index (Phi) is 7.44. The summed E-state index contributed by atoms with van der Waals surface area (Å²) in [6.07, 6.45) is 7.58. The molecule has 0 radical (unpaired) electrons. The van der Waals surface area contributed by atoms with E-state index in [-0.39, 0.29) is 19.1 Å². The van der Waals surface area contributed by atoms with E-state index in [2.05, 4.69) is 22.0 Å². The monoisotopic (exact) mass is 438 g/mol. The summed E-state index contributed by atoms with van der Waals surface area (Å²) >= 11 is 0. The van der Waals surface area contributed by atoms with Gasteiger partial charge in [0.15, 0.2) is 0 Å². The van der Waals surface area contributed by atoms with Crippen molar-refractivity contribution in [1.29, 1.82) is 0 Å². The fourth-order valence-electron chi connectivity index (χ4n) is 5.80. The Hall–Kier alpha value is -1.50. The predicted molar refractivity (Wildman–Crippen MR) is 125 cm³/mol. The van der Waals surface area contributed by atoms with E-state index in [1.807, 2.05) is 39.5 Å². The first kappa shape index (κ1) is 24.1. The molecule has 0 bridgehead atoms. The molecule has 4 aliphatic rings. The van der Waals surface area contributed by atoms with E-state index >= 15 is 0 Å². The van der Waals surface area contributed by atoms with Gasteiger partial charge in [-0.05, 0) is 59.8 Å². The van der Waals surface area contributed by atoms with Crippen LogP contribution < -0.4 is 5.32 Å². The highest BCUT2D eigenvalue weighted by Crippen LogP contribution is 2.35. The van der Waals surface area contributed by atoms with Crippen LogP contribution in [-0.2, 0) is 4.74 Å². The second-order valence-electron chi connectivity index (χ2n) is 10.7. The van der Waals surface area contributed by atoms with Gasteiger partial charge in [0, 0.05) is 39.2 Å². The zero-order valence-electron chi connectivity index (χ0n) is 20.6. The van der Waals surface area contributed by atoms with Gasteiger partial charge in [0.05, 0.1) is 12.1 Å². The molecular formula is C24H46N4O3. The molecule has 180 valence electrons. The second-order valence-corrected chi connectivity index (χ2v) is 10.7. The normalized spacial score (nSPS) is 32.3. The number of ether oxygens (including phenoxy) is 1. The van der Waals surface area contributed by atoms with Gasteiger partial charge < -0.3 is 19.9 Å². The van der Waals surface area contributed by atoms with Crippen LogP contribution in [0.1, 0.15) is 87.9 Å². The number of carbonyl (C=O) groups is 2. The summed E-state index contributed by atoms with van der Waals surface area (Å²) in [7, 11) is 0. The Morgan fingerprint density at radius 3 is 2.39 bits per heavy atom. The van der Waals surface area contributed by atoms with E-state index in [9.17, 15) is 9.59 Å². The number of hydrogen-bond donors (Lipinski definition) is 1. The molecule has 4 rings (SSSR count). The van der Waals surface area contributed by atoms with Gasteiger partial charge in [-0.2, -0.15) is 0 Å². The number of likely N-dealkylation sites (tertiary alicyclic amines) is 2. The fraction of sp³-hybridized carbons (Fsp3) is 0.917. The quantitative estimate of drug-likeness (QED) is 0.691. The van der Waals surface area contributed by atoms with Crippen molar-refractivity contribution in [2.24, 2.45) is 0 Å². The highest BCUT2D eigenvalue weighted by molar-refractivity contribution is 5.78. The summed E-state index contributed by atoms with van der Waals surface area (Å²) in [6, 6.07) is 1.27. The summed E-state index contributed by atoms with van der Waals surface area (Å²) in [5.74, 6) is 0. The van der Waals surface area contributed by atoms with Crippen LogP contribution in [0.15, 0.2) is 0 Å². The fourth-order valence-corrected chi connectivity index (χ4v) is 5.80. The molecule has 3 atom stereocenters. The third-order valence-corrected chi connectivity index (χ3v) is 7.35. The van der Waals surface area contributed by atoms with Gasteiger partial charge in [0.2, 0.25) is 0 Å². The van der Waals surface area contributed by atoms with E-state index in [1.54, 1.807) is 0 Å². The summed E-state index contributed by atoms with van der Waals surface area (Å²) in [6.45, 7) is 15.5. The lowest BCUT2D eigenvalue weighted by molar-refractivity contribution is 0.0191. The first-order chi connectivity index (χ1) is 14.7. The highest BCUT2D eigenvalue weighted by Gasteiger charge is 2.47. The molecule has 0 spiro atoms. The smallest absolute Gasteiger partial charge is 0.410 e. The Balaban J connectivity index is 0.00000118. The molecule has 7 nitrogen and oxygen atoms in total. The Bertz CT molecular complexity index is 648. The lowest BCUT2D eigenvalue weighted by Crippen LogP contribution is -2.56. The van der Waals surface area contributed by atoms with Crippen LogP contribution in [-0.4, -0.2) is 82.3 Å². The van der Waals surface area contributed by atoms with Crippen LogP contribution >= 0.6 is 0 Å². The third kappa shape index (κ3) is 5.29. The minimum Gasteiger partial charge on any atom is -0.444 e. The van der Waals surface area contributed by atoms with E-state index in [4.69, 9.17) is 4.74 Å². The van der Waals surface area contributed by atoms with Crippen LogP contribution in [0, 0.1) is 0 Å². The molecule has 0 aromatic heterocycles. The standard InChI is InChI=1S/C22H38N4O3.C2H6.H2/c1-21(2,3)29-20(28)24-14-11-22(4,15-24)25-12-9-16(10-13-25)26-18-8-6-5-7-17(18)23-19(26)27;1-2;/h16-18H,5-15H2,1-4H3,(H,23,27);1-2H3;1H/t17-,18-,22?;;/m0../s1. The minimum atomic E-state index is -0.457. The molecule has 0 aromatic rings. The van der Waals surface area contributed by atoms with Crippen molar-refractivity contribution < 1.29 is 15.8 Å². The van der Waals surface area contributed by atoms with Crippen LogP contribution in [0.25, 0.3) is 0 Å². The number of hydrogen-bond acceptors (Lipinski definition) is 4. The van der Waals surface area contributed by atoms with Crippen molar-refractivity contribution in [3.8, 4) is 0 Å². The molecule has 4 fully saturated rings. The van der Waals surface area contributed by atoms with Crippen molar-refractivity contribution in [3.05, 3.63) is 0 Å². The van der Waals surface area contributed by atoms with Crippen LogP contribution in [0.3, 0.4) is 0 Å². The summed E-state index contributed by atoms with van der Waals surface area (Å²) < 4.78 is 5.57. The van der Waals surface area contributed by atoms with Gasteiger partial charge in [-0.15, -0.1) is 0 Å². The van der Waals surface area contributed by atoms with Gasteiger partial charge in [-0.25, -0.2) is 9.59 Å². The number of fused-ring (bicyclic) bond motifs is 1. The maximum absolute atomic E-state index is 12.6. The van der Waals surface area contributed by atoms with Gasteiger partial charge >= 0.3 is 12.1 Å². The summed E-state index contributed by atoms with van der Waals surface area (Å²) in [4.78, 5) is 31.7. The molecule has 3 amide bonds. The van der Waals surface area contributed by atoms with Crippen LogP contribution in [0.2, 0.25) is 0 Å². The van der Waals surface area contributed by atoms with E-state index < -0.39 is 5.60 Å². The summed E-state index contributed by atoms with van der Waals surface area (Å²) in [5.41, 5.74) is -0.454. The average Bonchev–Trinajstić information content (AvgIpc) is 3.29. The lowest BCUT2D eigenvalue weighted by atomic mass is 9.88. The van der Waals surface area contributed by atoms with Crippen LogP contribution in [0.4, 0.5) is 9.59 Å². The summed E-state index contributed by atoms with van der Waals surface area (Å²) in [5, 5.41) is 3.23. The molecule has 7 heteroatoms. The molecule has 3 heterocycles. The predicted octanol–water partition coefficient (Wildman–Crippen LogP) is 4.46. The third-order valence-electron chi connectivity index (χ3n) is 7.35. The number of urea groups is 1. The van der Waals surface area contributed by atoms with Gasteiger partial charge in [0.1, 0.15) is 5.60 Å². The topological polar surface area (TPSA) is 65.1 Å². The molecule has 1 saturated carbocycles. The van der Waals surface area contributed by atoms with Crippen molar-refractivity contribution in [2.75, 3.05) is 26.2 Å². The lowest BCUT2D eigenvalue weighted by Gasteiger charge is -2.45. The average molecular weight is 439 g/mol. The van der Waals surface area contributed by atoms with E-state index in [1.165, 1.54) is 12.8 Å². The molecule has 1 N–H and O–H groups in total. The zero-order valence-corrected chi connectivity index (χ0v) is 20.6. The van der Waals surface area contributed by atoms with Crippen molar-refractivity contribution >= 4 is 12.1 Å². The largest absolute Gasteiger partial charge is 0.444 e. The molecule has 1 unspecified atom stereocenters. The number of nitrogens with zero attached hydrogens (tertiary/aromatic N) is 3. The minimum absolute atomic E-state index is 0. The molecular weight excluding hydrogens is 392 g/mol. The molecule has 3 saturated heterocycles. The van der Waals surface area contributed by atoms with Crippen LogP contribution in [0.5, 0.6) is 0 Å². The number of rotatable bonds is 2. The first-order valence-corrected chi connectivity index (χ1v) is 12.5. The SMILES string of the molecule is CC.CC(C)(C)OC(=O)N1CCC(C)(N2CCC(N3C(=O)N[C@H]4CCCC[C@@H]43)CC2)C1.[HH]. The highest BCUT2D eigenvalue weighted by atomic mass is 16.6. The van der Waals surface area contributed by atoms with Gasteiger partial charge in [0.25, 0.3) is 0 Å². The maximum Gasteiger partial charge on any atom is 0.410 e. The number of piperidine rings is 1. The Labute approximate surface area is 190 Å². The zero-order chi connectivity index (χ0) is 22.8. The number of carbonyl (C=O) groups excluding carboxylic acids is 2. The Morgan fingerprint density at radius 2 is 1.74 bits per heavy atom. The maximum atomic E-state index is 12.6. The molecule has 31 heavy (non-hydrogen) atoms. The van der Waals surface area contributed by atoms with E-state index in [0.717, 1.165) is 58.3 Å². The van der Waals surface area contributed by atoms with Gasteiger partial charge in [-0.3, -0.25) is 4.90 Å². The Morgan fingerprint density at radius 1 is 1.10 bits per heavy atom. The van der Waals surface area contributed by atoms with E-state index in [0.29, 0.717) is 18.1 Å². The molecule has 0 aromatic carbocycles. The molecule has 3 aliphatic heterocycles. The van der Waals surface area contributed by atoms with Crippen molar-refractivity contribution in [3.63, 3.8) is 0 Å². The molecule has 1 aliphatic carbocycles. The number of nitrogens with one attached hydrogen (secondary N) is 1. The second kappa shape index (κ2) is 9.55. The van der Waals surface area contributed by atoms with Gasteiger partial charge in [-0.1, -0.05) is 26.7 Å². The number of amides is 3.